The summed E-state index contributed by atoms with van der Waals surface area (Å²) in [6.45, 7) is 0.618. The molecule has 0 atom stereocenters. The van der Waals surface area contributed by atoms with E-state index in [0.717, 1.165) is 0 Å². The number of ether oxygens (including phenoxy) is 2. The molecular formula is C11H19NO6S. The third-order valence-corrected chi connectivity index (χ3v) is 4.25. The summed E-state index contributed by atoms with van der Waals surface area (Å²) in [5, 5.41) is 8.70. The lowest BCUT2D eigenvalue weighted by atomic mass is 10.5. The molecule has 0 aromatic carbocycles. The van der Waals surface area contributed by atoms with Crippen LogP contribution in [0.15, 0.2) is 21.6 Å². The van der Waals surface area contributed by atoms with Crippen LogP contribution in [0.2, 0.25) is 0 Å². The first-order valence-electron chi connectivity index (χ1n) is 5.74. The highest BCUT2D eigenvalue weighted by atomic mass is 32.2. The van der Waals surface area contributed by atoms with E-state index < -0.39 is 10.0 Å². The van der Waals surface area contributed by atoms with Gasteiger partial charge in [-0.05, 0) is 12.1 Å². The quantitative estimate of drug-likeness (QED) is 0.692. The lowest BCUT2D eigenvalue weighted by Gasteiger charge is -2.19. The number of sulfonamides is 1. The monoisotopic (exact) mass is 293 g/mol. The molecule has 1 N–H and O–H groups in total. The van der Waals surface area contributed by atoms with Gasteiger partial charge in [-0.3, -0.25) is 0 Å². The second-order valence-electron chi connectivity index (χ2n) is 3.77. The van der Waals surface area contributed by atoms with Crippen molar-refractivity contribution in [2.24, 2.45) is 0 Å². The molecule has 1 heterocycles. The van der Waals surface area contributed by atoms with Gasteiger partial charge in [0.05, 0.1) is 13.2 Å². The average molecular weight is 293 g/mol. The van der Waals surface area contributed by atoms with Crippen LogP contribution in [-0.4, -0.2) is 58.4 Å². The van der Waals surface area contributed by atoms with Crippen LogP contribution in [0.1, 0.15) is 5.76 Å². The molecule has 7 nitrogen and oxygen atoms in total. The Morgan fingerprint density at radius 3 is 2.21 bits per heavy atom. The predicted octanol–water partition coefficient (Wildman–Crippen LogP) is 0.0554. The van der Waals surface area contributed by atoms with Crippen LogP contribution in [0.5, 0.6) is 0 Å². The van der Waals surface area contributed by atoms with Gasteiger partial charge in [0.15, 0.2) is 0 Å². The van der Waals surface area contributed by atoms with Gasteiger partial charge in [0, 0.05) is 27.3 Å². The molecule has 0 aliphatic heterocycles. The van der Waals surface area contributed by atoms with Crippen LogP contribution in [-0.2, 0) is 26.1 Å². The summed E-state index contributed by atoms with van der Waals surface area (Å²) in [6, 6.07) is 2.76. The largest absolute Gasteiger partial charge is 0.446 e. The Kier molecular flexibility index (Phi) is 6.46. The molecule has 0 spiro atoms. The lowest BCUT2D eigenvalue weighted by molar-refractivity contribution is 0.149. The Hall–Kier alpha value is -0.930. The van der Waals surface area contributed by atoms with Crippen LogP contribution >= 0.6 is 0 Å². The highest BCUT2D eigenvalue weighted by molar-refractivity contribution is 7.89. The molecule has 19 heavy (non-hydrogen) atoms. The molecule has 0 amide bonds. The minimum absolute atomic E-state index is 0.191. The molecule has 1 aromatic rings. The first-order valence-corrected chi connectivity index (χ1v) is 7.18. The maximum atomic E-state index is 12.3. The van der Waals surface area contributed by atoms with Gasteiger partial charge < -0.3 is 19.0 Å². The minimum Gasteiger partial charge on any atom is -0.446 e. The molecule has 0 radical (unpaired) electrons. The molecule has 8 heteroatoms. The van der Waals surface area contributed by atoms with Gasteiger partial charge >= 0.3 is 0 Å². The van der Waals surface area contributed by atoms with E-state index in [9.17, 15) is 8.42 Å². The molecule has 1 aromatic heterocycles. The molecule has 1 rings (SSSR count). The minimum atomic E-state index is -3.74. The Balaban J connectivity index is 2.90. The van der Waals surface area contributed by atoms with E-state index in [1.807, 2.05) is 0 Å². The highest BCUT2D eigenvalue weighted by Crippen LogP contribution is 2.18. The van der Waals surface area contributed by atoms with Crippen molar-refractivity contribution >= 4 is 10.0 Å². The topological polar surface area (TPSA) is 89.2 Å². The Morgan fingerprint density at radius 1 is 1.21 bits per heavy atom. The van der Waals surface area contributed by atoms with Crippen molar-refractivity contribution in [3.63, 3.8) is 0 Å². The fourth-order valence-corrected chi connectivity index (χ4v) is 2.78. The highest BCUT2D eigenvalue weighted by Gasteiger charge is 2.27. The fourth-order valence-electron chi connectivity index (χ4n) is 1.45. The van der Waals surface area contributed by atoms with Crippen molar-refractivity contribution < 1.29 is 27.4 Å². The average Bonchev–Trinajstić information content (AvgIpc) is 2.88. The number of aliphatic hydroxyl groups excluding tert-OH is 1. The van der Waals surface area contributed by atoms with Gasteiger partial charge in [-0.25, -0.2) is 8.42 Å². The maximum absolute atomic E-state index is 12.3. The van der Waals surface area contributed by atoms with E-state index in [1.165, 1.54) is 30.7 Å². The second kappa shape index (κ2) is 7.61. The van der Waals surface area contributed by atoms with Crippen molar-refractivity contribution in [1.82, 2.24) is 4.31 Å². The normalized spacial score (nSPS) is 12.2. The standard InChI is InChI=1S/C11H19NO6S/c1-16-7-5-12(6-8-17-2)19(14,15)11-4-3-10(9-13)18-11/h3-4,13H,5-9H2,1-2H3. The summed E-state index contributed by atoms with van der Waals surface area (Å²) in [5.74, 6) is 0.206. The zero-order chi connectivity index (χ0) is 14.3. The SMILES string of the molecule is COCCN(CCOC)S(=O)(=O)c1ccc(CO)o1. The fraction of sp³-hybridized carbons (Fsp3) is 0.636. The van der Waals surface area contributed by atoms with Gasteiger partial charge in [0.25, 0.3) is 10.0 Å². The molecule has 0 aliphatic carbocycles. The summed E-state index contributed by atoms with van der Waals surface area (Å²) < 4.78 is 40.7. The molecule has 0 aliphatic rings. The molecule has 0 saturated carbocycles. The van der Waals surface area contributed by atoms with E-state index in [2.05, 4.69) is 0 Å². The van der Waals surface area contributed by atoms with Crippen LogP contribution in [0.25, 0.3) is 0 Å². The van der Waals surface area contributed by atoms with Crippen molar-refractivity contribution in [3.05, 3.63) is 17.9 Å². The number of aliphatic hydroxyl groups is 1. The third-order valence-electron chi connectivity index (χ3n) is 2.48. The van der Waals surface area contributed by atoms with E-state index >= 15 is 0 Å². The first kappa shape index (κ1) is 16.1. The van der Waals surface area contributed by atoms with E-state index in [4.69, 9.17) is 19.0 Å². The second-order valence-corrected chi connectivity index (χ2v) is 5.64. The molecule has 0 unspecified atom stereocenters. The summed E-state index contributed by atoms with van der Waals surface area (Å²) in [6.07, 6.45) is 0. The number of methoxy groups -OCH3 is 2. The smallest absolute Gasteiger partial charge is 0.276 e. The van der Waals surface area contributed by atoms with E-state index in [1.54, 1.807) is 0 Å². The molecule has 0 saturated heterocycles. The van der Waals surface area contributed by atoms with Gasteiger partial charge in [-0.1, -0.05) is 0 Å². The van der Waals surface area contributed by atoms with Crippen molar-refractivity contribution in [2.75, 3.05) is 40.5 Å². The van der Waals surface area contributed by atoms with Crippen LogP contribution in [0.4, 0.5) is 0 Å². The van der Waals surface area contributed by atoms with Gasteiger partial charge in [-0.2, -0.15) is 4.31 Å². The third kappa shape index (κ3) is 4.29. The van der Waals surface area contributed by atoms with Crippen LogP contribution < -0.4 is 0 Å². The predicted molar refractivity (Wildman–Crippen MR) is 67.1 cm³/mol. The summed E-state index contributed by atoms with van der Waals surface area (Å²) in [5.41, 5.74) is 0. The number of nitrogens with zero attached hydrogens (tertiary/aromatic N) is 1. The van der Waals surface area contributed by atoms with Gasteiger partial charge in [-0.15, -0.1) is 0 Å². The first-order chi connectivity index (χ1) is 9.06. The molecule has 110 valence electrons. The number of furan rings is 1. The van der Waals surface area contributed by atoms with Crippen LogP contribution in [0.3, 0.4) is 0 Å². The van der Waals surface area contributed by atoms with E-state index in [-0.39, 0.29) is 43.8 Å². The van der Waals surface area contributed by atoms with Crippen LogP contribution in [0, 0.1) is 0 Å². The maximum Gasteiger partial charge on any atom is 0.276 e. The number of hydrogen-bond acceptors (Lipinski definition) is 6. The lowest BCUT2D eigenvalue weighted by Crippen LogP contribution is -2.36. The van der Waals surface area contributed by atoms with Gasteiger partial charge in [0.1, 0.15) is 12.4 Å². The summed E-state index contributed by atoms with van der Waals surface area (Å²) in [4.78, 5) is 0. The Labute approximate surface area is 112 Å². The molecular weight excluding hydrogens is 274 g/mol. The zero-order valence-electron chi connectivity index (χ0n) is 11.0. The summed E-state index contributed by atoms with van der Waals surface area (Å²) >= 11 is 0. The Bertz CT molecular complexity index is 461. The summed E-state index contributed by atoms with van der Waals surface area (Å²) in [7, 11) is -0.743. The zero-order valence-corrected chi connectivity index (χ0v) is 11.9. The number of rotatable bonds is 9. The molecule has 0 fully saturated rings. The van der Waals surface area contributed by atoms with Crippen molar-refractivity contribution in [2.45, 2.75) is 11.7 Å². The molecule has 0 bridgehead atoms. The van der Waals surface area contributed by atoms with Crippen molar-refractivity contribution in [3.8, 4) is 0 Å². The van der Waals surface area contributed by atoms with E-state index in [0.29, 0.717) is 0 Å². The Morgan fingerprint density at radius 2 is 1.79 bits per heavy atom. The van der Waals surface area contributed by atoms with Crippen molar-refractivity contribution in [1.29, 1.82) is 0 Å². The number of hydrogen-bond donors (Lipinski definition) is 1. The van der Waals surface area contributed by atoms with Gasteiger partial charge in [0.2, 0.25) is 5.09 Å².